The molecule has 11 heavy (non-hydrogen) atoms. The summed E-state index contributed by atoms with van der Waals surface area (Å²) in [6, 6.07) is 6.05. The van der Waals surface area contributed by atoms with Crippen LogP contribution >= 0.6 is 23.5 Å². The number of benzene rings is 1. The average molecular weight is 191 g/mol. The van der Waals surface area contributed by atoms with Crippen molar-refractivity contribution in [3.8, 4) is 11.1 Å². The molecule has 0 aromatic rings. The minimum atomic E-state index is 0.140. The second-order valence-corrected chi connectivity index (χ2v) is 2.47. The van der Waals surface area contributed by atoms with Gasteiger partial charge in [-0.25, -0.2) is 0 Å². The predicted molar refractivity (Wildman–Crippen MR) is 43.4 cm³/mol. The van der Waals surface area contributed by atoms with Crippen molar-refractivity contribution in [2.75, 3.05) is 0 Å². The topological polar surface area (TPSA) is 26.3 Å². The molecule has 0 spiro atoms. The molecule has 0 amide bonds. The van der Waals surface area contributed by atoms with Crippen molar-refractivity contribution in [3.05, 3.63) is 23.2 Å². The molecule has 0 heterocycles. The number of rotatable bonds is 1. The van der Waals surface area contributed by atoms with E-state index in [1.54, 1.807) is 0 Å². The SMILES string of the molecule is Clc1cc2ccc1-2.O=COCl. The van der Waals surface area contributed by atoms with E-state index in [0.29, 0.717) is 0 Å². The lowest BCUT2D eigenvalue weighted by molar-refractivity contribution is -0.120. The highest BCUT2D eigenvalue weighted by Gasteiger charge is 2.13. The molecule has 0 radical (unpaired) electrons. The molecule has 0 saturated carbocycles. The van der Waals surface area contributed by atoms with Gasteiger partial charge in [0, 0.05) is 10.6 Å². The van der Waals surface area contributed by atoms with Crippen molar-refractivity contribution in [3.63, 3.8) is 0 Å². The number of carbonyl (C=O) groups excluding carboxylic acids is 1. The molecular formula is C7H4Cl2O2. The third-order valence-corrected chi connectivity index (χ3v) is 1.70. The molecule has 0 fully saturated rings. The molecule has 2 aliphatic carbocycles. The fraction of sp³-hybridized carbons (Fsp3) is 0. The van der Waals surface area contributed by atoms with E-state index >= 15 is 0 Å². The van der Waals surface area contributed by atoms with Crippen molar-refractivity contribution < 1.29 is 9.08 Å². The molecule has 0 aromatic heterocycles. The van der Waals surface area contributed by atoms with Crippen LogP contribution in [-0.4, -0.2) is 6.47 Å². The first-order valence-corrected chi connectivity index (χ1v) is 3.49. The minimum absolute atomic E-state index is 0.140. The highest BCUT2D eigenvalue weighted by Crippen LogP contribution is 2.39. The Labute approximate surface area is 73.9 Å². The first-order valence-electron chi connectivity index (χ1n) is 2.80. The Kier molecular flexibility index (Phi) is 2.74. The first kappa shape index (κ1) is 8.37. The van der Waals surface area contributed by atoms with Gasteiger partial charge in [0.25, 0.3) is 0 Å². The summed E-state index contributed by atoms with van der Waals surface area (Å²) in [4.78, 5) is 8.82. The zero-order valence-corrected chi connectivity index (χ0v) is 6.89. The van der Waals surface area contributed by atoms with Gasteiger partial charge in [-0.1, -0.05) is 23.7 Å². The summed E-state index contributed by atoms with van der Waals surface area (Å²) in [6.07, 6.45) is 0. The molecule has 2 aliphatic rings. The molecule has 0 aromatic carbocycles. The lowest BCUT2D eigenvalue weighted by Crippen LogP contribution is -1.89. The van der Waals surface area contributed by atoms with Gasteiger partial charge in [0.2, 0.25) is 0 Å². The van der Waals surface area contributed by atoms with Gasteiger partial charge in [-0.05, 0) is 11.6 Å². The maximum atomic E-state index is 8.82. The van der Waals surface area contributed by atoms with Crippen molar-refractivity contribution in [2.45, 2.75) is 0 Å². The second kappa shape index (κ2) is 3.60. The first-order chi connectivity index (χ1) is 5.29. The van der Waals surface area contributed by atoms with Crippen LogP contribution in [0, 0.1) is 0 Å². The quantitative estimate of drug-likeness (QED) is 0.647. The van der Waals surface area contributed by atoms with E-state index in [1.165, 1.54) is 11.1 Å². The summed E-state index contributed by atoms with van der Waals surface area (Å²) in [5, 5.41) is 0.914. The summed E-state index contributed by atoms with van der Waals surface area (Å²) in [6.45, 7) is 0.140. The van der Waals surface area contributed by atoms with E-state index in [0.717, 1.165) is 5.02 Å². The number of fused-ring (bicyclic) bond motifs is 1. The zero-order chi connectivity index (χ0) is 8.27. The minimum Gasteiger partial charge on any atom is -0.350 e. The van der Waals surface area contributed by atoms with E-state index in [2.05, 4.69) is 22.2 Å². The van der Waals surface area contributed by atoms with Crippen LogP contribution in [0.15, 0.2) is 18.2 Å². The van der Waals surface area contributed by atoms with Crippen molar-refractivity contribution in [1.82, 2.24) is 0 Å². The Hall–Kier alpha value is -0.730. The van der Waals surface area contributed by atoms with Crippen LogP contribution in [0.2, 0.25) is 5.02 Å². The molecule has 0 N–H and O–H groups in total. The van der Waals surface area contributed by atoms with Crippen LogP contribution in [0.4, 0.5) is 0 Å². The predicted octanol–water partition coefficient (Wildman–Crippen LogP) is 2.63. The number of carbonyl (C=O) groups is 1. The summed E-state index contributed by atoms with van der Waals surface area (Å²) in [5.41, 5.74) is 2.55. The second-order valence-electron chi connectivity index (χ2n) is 1.88. The van der Waals surface area contributed by atoms with E-state index in [9.17, 15) is 0 Å². The van der Waals surface area contributed by atoms with Gasteiger partial charge in [0.15, 0.2) is 0 Å². The van der Waals surface area contributed by atoms with Gasteiger partial charge >= 0.3 is 6.47 Å². The van der Waals surface area contributed by atoms with Gasteiger partial charge in [0.05, 0.1) is 0 Å². The van der Waals surface area contributed by atoms with Gasteiger partial charge in [-0.2, -0.15) is 0 Å². The van der Waals surface area contributed by atoms with Crippen LogP contribution in [-0.2, 0) is 9.08 Å². The lowest BCUT2D eigenvalue weighted by Gasteiger charge is -2.15. The Morgan fingerprint density at radius 1 is 1.45 bits per heavy atom. The standard InChI is InChI=1S/C6H3Cl.CHClO2/c7-6-3-4-1-2-5(4)6;2-4-1-3/h1-3H;1H. The van der Waals surface area contributed by atoms with E-state index in [-0.39, 0.29) is 6.47 Å². The van der Waals surface area contributed by atoms with Crippen LogP contribution in [0.3, 0.4) is 0 Å². The van der Waals surface area contributed by atoms with E-state index in [4.69, 9.17) is 16.4 Å². The number of hydrogen-bond donors (Lipinski definition) is 0. The monoisotopic (exact) mass is 190 g/mol. The maximum absolute atomic E-state index is 8.82. The summed E-state index contributed by atoms with van der Waals surface area (Å²) in [7, 11) is 0. The molecule has 0 aliphatic heterocycles. The lowest BCUT2D eigenvalue weighted by atomic mass is 9.94. The molecular weight excluding hydrogens is 187 g/mol. The molecule has 58 valence electrons. The van der Waals surface area contributed by atoms with Gasteiger partial charge in [0.1, 0.15) is 11.9 Å². The Morgan fingerprint density at radius 2 is 2.09 bits per heavy atom. The van der Waals surface area contributed by atoms with Crippen molar-refractivity contribution in [1.29, 1.82) is 0 Å². The average Bonchev–Trinajstić information content (AvgIpc) is 2.00. The highest BCUT2D eigenvalue weighted by molar-refractivity contribution is 6.35. The molecule has 0 bridgehead atoms. The Balaban J connectivity index is 0.000000134. The molecule has 4 heteroatoms. The number of halogens is 2. The number of hydrogen-bond acceptors (Lipinski definition) is 2. The Bertz CT molecular complexity index is 273. The van der Waals surface area contributed by atoms with Crippen molar-refractivity contribution in [2.24, 2.45) is 0 Å². The summed E-state index contributed by atoms with van der Waals surface area (Å²) < 4.78 is 3.33. The van der Waals surface area contributed by atoms with E-state index in [1.807, 2.05) is 12.1 Å². The fourth-order valence-corrected chi connectivity index (χ4v) is 1.03. The van der Waals surface area contributed by atoms with Crippen LogP contribution in [0.25, 0.3) is 11.1 Å². The summed E-state index contributed by atoms with van der Waals surface area (Å²) >= 11 is 9.92. The van der Waals surface area contributed by atoms with Crippen LogP contribution < -0.4 is 0 Å². The zero-order valence-electron chi connectivity index (χ0n) is 5.38. The fourth-order valence-electron chi connectivity index (χ4n) is 0.743. The van der Waals surface area contributed by atoms with Crippen molar-refractivity contribution >= 4 is 29.9 Å². The largest absolute Gasteiger partial charge is 0.350 e. The van der Waals surface area contributed by atoms with E-state index < -0.39 is 0 Å². The normalized spacial score (nSPS) is 9.27. The Morgan fingerprint density at radius 3 is 2.09 bits per heavy atom. The van der Waals surface area contributed by atoms with Gasteiger partial charge < -0.3 is 4.29 Å². The molecule has 0 atom stereocenters. The smallest absolute Gasteiger partial charge is 0.312 e. The molecule has 2 rings (SSSR count). The maximum Gasteiger partial charge on any atom is 0.312 e. The van der Waals surface area contributed by atoms with Crippen LogP contribution in [0.1, 0.15) is 0 Å². The third-order valence-electron chi connectivity index (χ3n) is 1.32. The molecule has 2 nitrogen and oxygen atoms in total. The summed E-state index contributed by atoms with van der Waals surface area (Å²) in [5.74, 6) is 0. The van der Waals surface area contributed by atoms with Gasteiger partial charge in [-0.15, -0.1) is 0 Å². The van der Waals surface area contributed by atoms with Gasteiger partial charge in [-0.3, -0.25) is 4.79 Å². The highest BCUT2D eigenvalue weighted by atomic mass is 35.5. The third kappa shape index (κ3) is 1.64. The molecule has 0 unspecified atom stereocenters. The van der Waals surface area contributed by atoms with Crippen LogP contribution in [0.5, 0.6) is 0 Å². The molecule has 0 saturated heterocycles.